The van der Waals surface area contributed by atoms with Crippen LogP contribution in [0.3, 0.4) is 0 Å². The zero-order chi connectivity index (χ0) is 13.5. The molecular formula is C15H32N2O. The lowest BCUT2D eigenvalue weighted by molar-refractivity contribution is 0.0964. The number of hydrogen-bond acceptors (Lipinski definition) is 3. The van der Waals surface area contributed by atoms with E-state index in [1.165, 1.54) is 12.8 Å². The molecule has 2 N–H and O–H groups in total. The van der Waals surface area contributed by atoms with Gasteiger partial charge in [0, 0.05) is 25.7 Å². The van der Waals surface area contributed by atoms with Crippen LogP contribution in [0, 0.1) is 17.8 Å². The molecule has 0 amide bonds. The number of rotatable bonds is 7. The van der Waals surface area contributed by atoms with Crippen LogP contribution in [0.15, 0.2) is 0 Å². The minimum atomic E-state index is 0.281. The molecule has 0 bridgehead atoms. The highest BCUT2D eigenvalue weighted by atomic mass is 16.3. The summed E-state index contributed by atoms with van der Waals surface area (Å²) in [6, 6.07) is 0.608. The first kappa shape index (κ1) is 15.9. The molecule has 1 aliphatic rings. The third-order valence-electron chi connectivity index (χ3n) is 4.07. The Kier molecular flexibility index (Phi) is 7.20. The normalized spacial score (nSPS) is 26.2. The maximum absolute atomic E-state index is 9.12. The predicted molar refractivity (Wildman–Crippen MR) is 77.7 cm³/mol. The summed E-state index contributed by atoms with van der Waals surface area (Å²) in [5.74, 6) is 2.28. The van der Waals surface area contributed by atoms with Crippen LogP contribution < -0.4 is 5.32 Å². The van der Waals surface area contributed by atoms with Crippen molar-refractivity contribution in [1.82, 2.24) is 10.2 Å². The Morgan fingerprint density at radius 1 is 1.22 bits per heavy atom. The maximum Gasteiger partial charge on any atom is 0.0558 e. The Hall–Kier alpha value is -0.120. The van der Waals surface area contributed by atoms with Crippen molar-refractivity contribution in [2.24, 2.45) is 17.8 Å². The Labute approximate surface area is 113 Å². The molecule has 3 nitrogen and oxygen atoms in total. The van der Waals surface area contributed by atoms with Gasteiger partial charge in [-0.2, -0.15) is 0 Å². The Morgan fingerprint density at radius 3 is 2.50 bits per heavy atom. The van der Waals surface area contributed by atoms with Crippen LogP contribution in [0.1, 0.15) is 40.5 Å². The highest BCUT2D eigenvalue weighted by Crippen LogP contribution is 2.23. The van der Waals surface area contributed by atoms with Gasteiger partial charge < -0.3 is 10.4 Å². The smallest absolute Gasteiger partial charge is 0.0558 e. The number of hydrogen-bond donors (Lipinski definition) is 2. The fraction of sp³-hybridized carbons (Fsp3) is 1.00. The van der Waals surface area contributed by atoms with Gasteiger partial charge in [-0.15, -0.1) is 0 Å². The van der Waals surface area contributed by atoms with Crippen LogP contribution in [0.25, 0.3) is 0 Å². The van der Waals surface area contributed by atoms with Crippen molar-refractivity contribution in [2.45, 2.75) is 46.6 Å². The molecule has 0 aliphatic carbocycles. The summed E-state index contributed by atoms with van der Waals surface area (Å²) in [5.41, 5.74) is 0. The number of aliphatic hydroxyl groups excluding tert-OH is 1. The molecular weight excluding hydrogens is 224 g/mol. The van der Waals surface area contributed by atoms with Crippen molar-refractivity contribution in [3.63, 3.8) is 0 Å². The van der Waals surface area contributed by atoms with Crippen LogP contribution in [-0.4, -0.2) is 48.8 Å². The van der Waals surface area contributed by atoms with Crippen LogP contribution in [0.2, 0.25) is 0 Å². The molecule has 2 atom stereocenters. The van der Waals surface area contributed by atoms with E-state index in [-0.39, 0.29) is 6.61 Å². The number of nitrogens with one attached hydrogen (secondary N) is 1. The highest BCUT2D eigenvalue weighted by molar-refractivity contribution is 4.84. The quantitative estimate of drug-likeness (QED) is 0.731. The third-order valence-corrected chi connectivity index (χ3v) is 4.07. The lowest BCUT2D eigenvalue weighted by atomic mass is 9.85. The number of likely N-dealkylation sites (tertiary alicyclic amines) is 1. The number of piperidine rings is 1. The van der Waals surface area contributed by atoms with Gasteiger partial charge in [0.2, 0.25) is 0 Å². The van der Waals surface area contributed by atoms with Gasteiger partial charge in [0.05, 0.1) is 6.61 Å². The average molecular weight is 256 g/mol. The average Bonchev–Trinajstić information content (AvgIpc) is 2.28. The fourth-order valence-electron chi connectivity index (χ4n) is 2.76. The largest absolute Gasteiger partial charge is 0.395 e. The van der Waals surface area contributed by atoms with Gasteiger partial charge in [-0.1, -0.05) is 27.7 Å². The second-order valence-electron chi connectivity index (χ2n) is 6.56. The van der Waals surface area contributed by atoms with Gasteiger partial charge in [-0.25, -0.2) is 0 Å². The summed E-state index contributed by atoms with van der Waals surface area (Å²) < 4.78 is 0. The van der Waals surface area contributed by atoms with E-state index in [0.717, 1.165) is 43.9 Å². The van der Waals surface area contributed by atoms with Crippen molar-refractivity contribution in [2.75, 3.05) is 32.8 Å². The lowest BCUT2D eigenvalue weighted by Crippen LogP contribution is -2.51. The molecule has 0 aromatic carbocycles. The minimum Gasteiger partial charge on any atom is -0.395 e. The van der Waals surface area contributed by atoms with Gasteiger partial charge in [0.1, 0.15) is 0 Å². The molecule has 0 aromatic rings. The fourth-order valence-corrected chi connectivity index (χ4v) is 2.76. The summed E-state index contributed by atoms with van der Waals surface area (Å²) in [5, 5.41) is 12.8. The highest BCUT2D eigenvalue weighted by Gasteiger charge is 2.28. The van der Waals surface area contributed by atoms with E-state index in [2.05, 4.69) is 37.9 Å². The van der Waals surface area contributed by atoms with E-state index < -0.39 is 0 Å². The Morgan fingerprint density at radius 2 is 1.94 bits per heavy atom. The van der Waals surface area contributed by atoms with Crippen LogP contribution in [-0.2, 0) is 0 Å². The SMILES string of the molecule is CC(C)CCNC1CC(C(C)C)CN(CCO)C1. The van der Waals surface area contributed by atoms with Gasteiger partial charge >= 0.3 is 0 Å². The zero-order valence-electron chi connectivity index (χ0n) is 12.7. The van der Waals surface area contributed by atoms with Crippen LogP contribution >= 0.6 is 0 Å². The molecule has 18 heavy (non-hydrogen) atoms. The lowest BCUT2D eigenvalue weighted by Gasteiger charge is -2.39. The first-order valence-corrected chi connectivity index (χ1v) is 7.59. The number of β-amino-alcohol motifs (C(OH)–C–C–N with tert-alkyl or cyclic N) is 1. The summed E-state index contributed by atoms with van der Waals surface area (Å²) in [6.07, 6.45) is 2.54. The monoisotopic (exact) mass is 256 g/mol. The van der Waals surface area contributed by atoms with Gasteiger partial charge in [0.15, 0.2) is 0 Å². The van der Waals surface area contributed by atoms with Crippen molar-refractivity contribution in [1.29, 1.82) is 0 Å². The second-order valence-corrected chi connectivity index (χ2v) is 6.56. The van der Waals surface area contributed by atoms with Crippen LogP contribution in [0.4, 0.5) is 0 Å². The van der Waals surface area contributed by atoms with Gasteiger partial charge in [-0.3, -0.25) is 4.90 Å². The topological polar surface area (TPSA) is 35.5 Å². The summed E-state index contributed by atoms with van der Waals surface area (Å²) in [4.78, 5) is 2.42. The first-order valence-electron chi connectivity index (χ1n) is 7.59. The minimum absolute atomic E-state index is 0.281. The molecule has 1 aliphatic heterocycles. The van der Waals surface area contributed by atoms with Crippen molar-refractivity contribution < 1.29 is 5.11 Å². The molecule has 0 saturated carbocycles. The molecule has 1 heterocycles. The van der Waals surface area contributed by atoms with E-state index in [9.17, 15) is 0 Å². The summed E-state index contributed by atoms with van der Waals surface area (Å²) in [7, 11) is 0. The standard InChI is InChI=1S/C15H32N2O/c1-12(2)5-6-16-15-9-14(13(3)4)10-17(11-15)7-8-18/h12-16,18H,5-11H2,1-4H3. The number of aliphatic hydroxyl groups is 1. The molecule has 3 heteroatoms. The van der Waals surface area contributed by atoms with Crippen molar-refractivity contribution in [3.8, 4) is 0 Å². The summed E-state index contributed by atoms with van der Waals surface area (Å²) in [6.45, 7) is 13.7. The number of nitrogens with zero attached hydrogens (tertiary/aromatic N) is 1. The van der Waals surface area contributed by atoms with E-state index >= 15 is 0 Å². The van der Waals surface area contributed by atoms with Crippen LogP contribution in [0.5, 0.6) is 0 Å². The molecule has 2 unspecified atom stereocenters. The zero-order valence-corrected chi connectivity index (χ0v) is 12.7. The van der Waals surface area contributed by atoms with E-state index in [0.29, 0.717) is 6.04 Å². The van der Waals surface area contributed by atoms with Gasteiger partial charge in [0.25, 0.3) is 0 Å². The molecule has 108 valence electrons. The van der Waals surface area contributed by atoms with Gasteiger partial charge in [-0.05, 0) is 37.1 Å². The maximum atomic E-state index is 9.12. The van der Waals surface area contributed by atoms with E-state index in [1.807, 2.05) is 0 Å². The van der Waals surface area contributed by atoms with Crippen molar-refractivity contribution in [3.05, 3.63) is 0 Å². The molecule has 0 radical (unpaired) electrons. The van der Waals surface area contributed by atoms with E-state index in [4.69, 9.17) is 5.11 Å². The van der Waals surface area contributed by atoms with E-state index in [1.54, 1.807) is 0 Å². The predicted octanol–water partition coefficient (Wildman–Crippen LogP) is 1.96. The molecule has 0 aromatic heterocycles. The molecule has 1 fully saturated rings. The molecule has 1 rings (SSSR count). The second kappa shape index (κ2) is 8.13. The third kappa shape index (κ3) is 5.68. The molecule has 1 saturated heterocycles. The van der Waals surface area contributed by atoms with Crippen molar-refractivity contribution >= 4 is 0 Å². The first-order chi connectivity index (χ1) is 8.52. The Bertz CT molecular complexity index is 219. The Balaban J connectivity index is 2.40. The summed E-state index contributed by atoms with van der Waals surface area (Å²) >= 11 is 0. The molecule has 0 spiro atoms.